The summed E-state index contributed by atoms with van der Waals surface area (Å²) in [6, 6.07) is 10.7. The second-order valence-electron chi connectivity index (χ2n) is 7.10. The number of nitrogens with one attached hydrogen (secondary N) is 2. The van der Waals surface area contributed by atoms with E-state index in [9.17, 15) is 4.79 Å². The number of hydrogen-bond donors (Lipinski definition) is 2. The second kappa shape index (κ2) is 7.67. The summed E-state index contributed by atoms with van der Waals surface area (Å²) in [7, 11) is 0. The van der Waals surface area contributed by atoms with E-state index in [2.05, 4.69) is 15.3 Å². The number of rotatable bonds is 4. The molecule has 0 spiro atoms. The zero-order valence-electron chi connectivity index (χ0n) is 16.3. The molecule has 9 nitrogen and oxygen atoms in total. The van der Waals surface area contributed by atoms with Crippen molar-refractivity contribution < 1.29 is 9.90 Å². The van der Waals surface area contributed by atoms with Gasteiger partial charge in [0.25, 0.3) is 5.91 Å². The summed E-state index contributed by atoms with van der Waals surface area (Å²) in [5.74, 6) is -0.412. The minimum Gasteiger partial charge on any atom is -0.582 e. The third kappa shape index (κ3) is 3.58. The van der Waals surface area contributed by atoms with Crippen LogP contribution in [0.1, 0.15) is 21.6 Å². The molecule has 0 saturated carbocycles. The molecule has 0 unspecified atom stereocenters. The second-order valence-corrected chi connectivity index (χ2v) is 7.10. The van der Waals surface area contributed by atoms with E-state index in [1.165, 1.54) is 11.1 Å². The lowest BCUT2D eigenvalue weighted by Crippen LogP contribution is -2.47. The Labute approximate surface area is 172 Å². The van der Waals surface area contributed by atoms with Crippen LogP contribution in [0.25, 0.3) is 5.65 Å². The third-order valence-corrected chi connectivity index (χ3v) is 5.05. The van der Waals surface area contributed by atoms with E-state index in [1.54, 1.807) is 28.8 Å². The molecule has 3 heterocycles. The number of aliphatic imine (C=N–C) groups is 1. The first-order valence-corrected chi connectivity index (χ1v) is 9.34. The Morgan fingerprint density at radius 3 is 2.93 bits per heavy atom. The van der Waals surface area contributed by atoms with Crippen LogP contribution in [0.3, 0.4) is 0 Å². The number of hydrogen-bond acceptors (Lipinski definition) is 5. The first-order valence-electron chi connectivity index (χ1n) is 9.34. The van der Waals surface area contributed by atoms with E-state index in [4.69, 9.17) is 15.8 Å². The van der Waals surface area contributed by atoms with Crippen molar-refractivity contribution in [1.29, 1.82) is 10.7 Å². The number of nitrogens with zero attached hydrogens (tertiary/aromatic N) is 5. The predicted molar refractivity (Wildman–Crippen MR) is 113 cm³/mol. The molecule has 1 aliphatic rings. The Morgan fingerprint density at radius 2 is 2.17 bits per heavy atom. The number of carbonyl (C=O) groups is 1. The number of pyridine rings is 1. The van der Waals surface area contributed by atoms with Gasteiger partial charge in [0.05, 0.1) is 6.20 Å². The number of likely N-dealkylation sites (tertiary alicyclic amines) is 1. The predicted octanol–water partition coefficient (Wildman–Crippen LogP) is 1.76. The molecule has 1 aliphatic heterocycles. The van der Waals surface area contributed by atoms with Crippen molar-refractivity contribution in [3.63, 3.8) is 0 Å². The van der Waals surface area contributed by atoms with Crippen LogP contribution >= 0.6 is 0 Å². The van der Waals surface area contributed by atoms with Gasteiger partial charge in [0.1, 0.15) is 17.3 Å². The molecule has 150 valence electrons. The maximum absolute atomic E-state index is 12.8. The maximum atomic E-state index is 12.8. The van der Waals surface area contributed by atoms with Gasteiger partial charge in [0.15, 0.2) is 12.0 Å². The molecule has 30 heavy (non-hydrogen) atoms. The zero-order valence-corrected chi connectivity index (χ0v) is 16.3. The van der Waals surface area contributed by atoms with E-state index in [0.29, 0.717) is 35.7 Å². The van der Waals surface area contributed by atoms with Gasteiger partial charge in [0.2, 0.25) is 0 Å². The monoisotopic (exact) mass is 402 g/mol. The lowest BCUT2D eigenvalue weighted by Gasteiger charge is -2.31. The summed E-state index contributed by atoms with van der Waals surface area (Å²) in [6.07, 6.45) is 5.31. The minimum absolute atomic E-state index is 0.0549. The molecule has 9 heteroatoms. The molecule has 2 aromatic heterocycles. The first kappa shape index (κ1) is 19.1. The van der Waals surface area contributed by atoms with Crippen molar-refractivity contribution >= 4 is 29.0 Å². The van der Waals surface area contributed by atoms with Crippen molar-refractivity contribution in [3.05, 3.63) is 65.6 Å². The summed E-state index contributed by atoms with van der Waals surface area (Å²) >= 11 is 0. The number of nitriles is 1. The molecule has 0 atom stereocenters. The Hall–Kier alpha value is -4.19. The Morgan fingerprint density at radius 1 is 1.37 bits per heavy atom. The quantitative estimate of drug-likeness (QED) is 0.298. The van der Waals surface area contributed by atoms with Crippen LogP contribution in [0.15, 0.2) is 53.8 Å². The summed E-state index contributed by atoms with van der Waals surface area (Å²) in [5, 5.41) is 28.0. The van der Waals surface area contributed by atoms with E-state index < -0.39 is 0 Å². The molecule has 1 saturated heterocycles. The van der Waals surface area contributed by atoms with E-state index in [1.807, 2.05) is 31.3 Å². The number of benzene rings is 1. The average Bonchev–Trinajstić information content (AvgIpc) is 3.13. The maximum Gasteiger partial charge on any atom is 0.339 e. The molecule has 4 N–H and O–H groups in total. The standard InChI is InChI=1S/C21H19N7O2/c1-13-5-6-14(19(23)26-20(29)15-10-27(11-15)12-22)8-16(13)25-21(30)17-9-24-18-4-2-3-7-28(17)18/h2-9,15H,10-11H2,1H3,(H,25,30)(H2,23,26,29)/p+1. The lowest BCUT2D eigenvalue weighted by atomic mass is 10.0. The first-order chi connectivity index (χ1) is 14.5. The van der Waals surface area contributed by atoms with Gasteiger partial charge in [0, 0.05) is 30.5 Å². The van der Waals surface area contributed by atoms with Crippen LogP contribution in [0.2, 0.25) is 0 Å². The highest BCUT2D eigenvalue weighted by Gasteiger charge is 2.34. The summed E-state index contributed by atoms with van der Waals surface area (Å²) in [5.41, 5.74) is 2.99. The molecule has 1 amide bonds. The zero-order chi connectivity index (χ0) is 21.3. The summed E-state index contributed by atoms with van der Waals surface area (Å²) in [4.78, 5) is 22.6. The van der Waals surface area contributed by atoms with Gasteiger partial charge in [-0.2, -0.15) is 5.26 Å². The Bertz CT molecular complexity index is 1220. The highest BCUT2D eigenvalue weighted by molar-refractivity contribution is 6.07. The topological polar surface area (TPSA) is 133 Å². The molecule has 0 radical (unpaired) electrons. The van der Waals surface area contributed by atoms with Crippen molar-refractivity contribution in [2.75, 3.05) is 18.4 Å². The van der Waals surface area contributed by atoms with Gasteiger partial charge in [-0.3, -0.25) is 14.6 Å². The van der Waals surface area contributed by atoms with Crippen molar-refractivity contribution in [3.8, 4) is 6.19 Å². The number of aromatic nitrogens is 2. The summed E-state index contributed by atoms with van der Waals surface area (Å²) < 4.78 is 1.70. The smallest absolute Gasteiger partial charge is 0.339 e. The fraction of sp³-hybridized carbons (Fsp3) is 0.190. The number of aryl methyl sites for hydroxylation is 1. The van der Waals surface area contributed by atoms with Crippen LogP contribution < -0.4 is 5.32 Å². The number of amidine groups is 1. The van der Waals surface area contributed by atoms with Crippen LogP contribution in [0.4, 0.5) is 5.69 Å². The Kier molecular flexibility index (Phi) is 4.90. The largest absolute Gasteiger partial charge is 0.582 e. The van der Waals surface area contributed by atoms with E-state index in [-0.39, 0.29) is 23.6 Å². The van der Waals surface area contributed by atoms with Crippen molar-refractivity contribution in [1.82, 2.24) is 14.3 Å². The van der Waals surface area contributed by atoms with Crippen LogP contribution in [0.5, 0.6) is 0 Å². The van der Waals surface area contributed by atoms with Crippen LogP contribution in [-0.2, 0) is 0 Å². The van der Waals surface area contributed by atoms with Crippen molar-refractivity contribution in [2.24, 2.45) is 10.9 Å². The van der Waals surface area contributed by atoms with Gasteiger partial charge >= 0.3 is 5.90 Å². The minimum atomic E-state index is -0.309. The fourth-order valence-electron chi connectivity index (χ4n) is 3.20. The molecule has 0 bridgehead atoms. The highest BCUT2D eigenvalue weighted by atomic mass is 16.3. The van der Waals surface area contributed by atoms with E-state index in [0.717, 1.165) is 5.56 Å². The molecule has 4 rings (SSSR count). The number of anilines is 1. The molecular weight excluding hydrogens is 382 g/mol. The molecule has 0 aliphatic carbocycles. The number of fused-ring (bicyclic) bond motifs is 1. The van der Waals surface area contributed by atoms with Gasteiger partial charge in [-0.05, 0) is 30.7 Å². The average molecular weight is 402 g/mol. The molecule has 1 aromatic carbocycles. The van der Waals surface area contributed by atoms with E-state index >= 15 is 0 Å². The third-order valence-electron chi connectivity index (χ3n) is 5.05. The molecule has 3 aromatic rings. The van der Waals surface area contributed by atoms with Crippen LogP contribution in [-0.4, -0.2) is 50.1 Å². The number of imidazole rings is 1. The van der Waals surface area contributed by atoms with Crippen molar-refractivity contribution in [2.45, 2.75) is 6.92 Å². The Balaban J connectivity index is 1.52. The SMILES string of the molecule is Cc1ccc(C(=N)N=C([OH2+])C2CN(C#N)C2)cc1NC(=O)c1cnc2ccccn12. The van der Waals surface area contributed by atoms with Crippen LogP contribution in [0, 0.1) is 29.7 Å². The highest BCUT2D eigenvalue weighted by Crippen LogP contribution is 2.20. The fourth-order valence-corrected chi connectivity index (χ4v) is 3.20. The van der Waals surface area contributed by atoms with Gasteiger partial charge < -0.3 is 15.3 Å². The molecule has 1 fully saturated rings. The molecular formula is C21H20N7O2+. The lowest BCUT2D eigenvalue weighted by molar-refractivity contribution is 0.102. The normalized spacial score (nSPS) is 14.3. The summed E-state index contributed by atoms with van der Waals surface area (Å²) in [6.45, 7) is 2.78. The van der Waals surface area contributed by atoms with Gasteiger partial charge in [-0.1, -0.05) is 18.2 Å². The number of amides is 1. The van der Waals surface area contributed by atoms with Gasteiger partial charge in [-0.15, -0.1) is 4.99 Å². The van der Waals surface area contributed by atoms with Gasteiger partial charge in [-0.25, -0.2) is 4.98 Å². The number of carbonyl (C=O) groups excluding carboxylic acids is 1.